The monoisotopic (exact) mass is 219 g/mol. The van der Waals surface area contributed by atoms with E-state index in [0.717, 1.165) is 6.20 Å². The topological polar surface area (TPSA) is 41.6 Å². The summed E-state index contributed by atoms with van der Waals surface area (Å²) in [6, 6.07) is 0. The molecule has 0 aliphatic carbocycles. The fourth-order valence-electron chi connectivity index (χ4n) is 0.923. The van der Waals surface area contributed by atoms with Gasteiger partial charge in [0, 0.05) is 6.20 Å². The molecule has 2 aromatic heterocycles. The second-order valence-electron chi connectivity index (χ2n) is 2.51. The van der Waals surface area contributed by atoms with Gasteiger partial charge in [0.2, 0.25) is 0 Å². The van der Waals surface area contributed by atoms with Crippen molar-refractivity contribution in [1.82, 2.24) is 15.0 Å². The Morgan fingerprint density at radius 1 is 1.29 bits per heavy atom. The van der Waals surface area contributed by atoms with Gasteiger partial charge in [-0.05, 0) is 0 Å². The fourth-order valence-corrected chi connectivity index (χ4v) is 1.50. The Morgan fingerprint density at radius 3 is 2.57 bits per heavy atom. The van der Waals surface area contributed by atoms with Crippen molar-refractivity contribution in [1.29, 1.82) is 0 Å². The van der Waals surface area contributed by atoms with Gasteiger partial charge in [0.15, 0.2) is 0 Å². The fraction of sp³-hybridized carbons (Fsp3) is 0.143. The molecule has 0 aliphatic heterocycles. The van der Waals surface area contributed by atoms with Gasteiger partial charge in [0.05, 0.1) is 16.6 Å². The van der Waals surface area contributed by atoms with Crippen LogP contribution in [0.5, 0.6) is 0 Å². The van der Waals surface area contributed by atoms with E-state index in [9.17, 15) is 13.2 Å². The number of rotatable bonds is 1. The Hall–Kier alpha value is -1.37. The maximum absolute atomic E-state index is 12.2. The van der Waals surface area contributed by atoms with Gasteiger partial charge in [-0.15, -0.1) is 11.3 Å². The third kappa shape index (κ3) is 1.63. The molecular formula is C7H4F3N3S. The first-order valence-corrected chi connectivity index (χ1v) is 4.46. The number of alkyl halides is 3. The Labute approximate surface area is 80.6 Å². The minimum absolute atomic E-state index is 0.194. The molecule has 0 spiro atoms. The molecule has 2 heterocycles. The lowest BCUT2D eigenvalue weighted by atomic mass is 10.5. The SMILES string of the molecule is FC(F)(F)c1cnc(-c2cncs2)[nH]1. The van der Waals surface area contributed by atoms with Gasteiger partial charge < -0.3 is 4.98 Å². The summed E-state index contributed by atoms with van der Waals surface area (Å²) in [6.45, 7) is 0. The summed E-state index contributed by atoms with van der Waals surface area (Å²) in [5.74, 6) is 0.194. The Bertz CT molecular complexity index is 418. The number of halogens is 3. The van der Waals surface area contributed by atoms with Crippen LogP contribution in [0.4, 0.5) is 13.2 Å². The lowest BCUT2D eigenvalue weighted by molar-refractivity contribution is -0.140. The van der Waals surface area contributed by atoms with E-state index in [1.807, 2.05) is 0 Å². The van der Waals surface area contributed by atoms with E-state index in [2.05, 4.69) is 15.0 Å². The number of hydrogen-bond acceptors (Lipinski definition) is 3. The Kier molecular flexibility index (Phi) is 2.03. The molecule has 74 valence electrons. The number of aromatic amines is 1. The van der Waals surface area contributed by atoms with Gasteiger partial charge in [0.25, 0.3) is 0 Å². The molecule has 0 aromatic carbocycles. The first-order chi connectivity index (χ1) is 6.57. The first-order valence-electron chi connectivity index (χ1n) is 3.58. The van der Waals surface area contributed by atoms with Crippen LogP contribution in [0.25, 0.3) is 10.7 Å². The predicted octanol–water partition coefficient (Wildman–Crippen LogP) is 2.55. The quantitative estimate of drug-likeness (QED) is 0.800. The third-order valence-electron chi connectivity index (χ3n) is 1.55. The van der Waals surface area contributed by atoms with Crippen LogP contribution < -0.4 is 0 Å². The van der Waals surface area contributed by atoms with E-state index in [1.165, 1.54) is 23.0 Å². The van der Waals surface area contributed by atoms with Crippen molar-refractivity contribution in [2.45, 2.75) is 6.18 Å². The van der Waals surface area contributed by atoms with Crippen molar-refractivity contribution in [2.24, 2.45) is 0 Å². The minimum atomic E-state index is -4.38. The molecule has 0 radical (unpaired) electrons. The van der Waals surface area contributed by atoms with Crippen molar-refractivity contribution in [3.05, 3.63) is 23.6 Å². The van der Waals surface area contributed by atoms with E-state index in [4.69, 9.17) is 0 Å². The summed E-state index contributed by atoms with van der Waals surface area (Å²) >= 11 is 1.23. The molecule has 0 saturated carbocycles. The molecule has 0 unspecified atom stereocenters. The number of nitrogens with one attached hydrogen (secondary N) is 1. The molecule has 0 saturated heterocycles. The zero-order valence-electron chi connectivity index (χ0n) is 6.67. The van der Waals surface area contributed by atoms with Gasteiger partial charge in [-0.1, -0.05) is 0 Å². The molecule has 0 amide bonds. The van der Waals surface area contributed by atoms with Gasteiger partial charge >= 0.3 is 6.18 Å². The molecule has 7 heteroatoms. The first kappa shape index (κ1) is 9.20. The van der Waals surface area contributed by atoms with Crippen LogP contribution >= 0.6 is 11.3 Å². The predicted molar refractivity (Wildman–Crippen MR) is 44.7 cm³/mol. The second kappa shape index (κ2) is 3.09. The Morgan fingerprint density at radius 2 is 2.07 bits per heavy atom. The highest BCUT2D eigenvalue weighted by Crippen LogP contribution is 2.29. The molecule has 0 fully saturated rings. The highest BCUT2D eigenvalue weighted by Gasteiger charge is 2.33. The van der Waals surface area contributed by atoms with Crippen molar-refractivity contribution in [3.8, 4) is 10.7 Å². The van der Waals surface area contributed by atoms with Gasteiger partial charge in [-0.2, -0.15) is 13.2 Å². The van der Waals surface area contributed by atoms with Crippen LogP contribution in [-0.4, -0.2) is 15.0 Å². The summed E-state index contributed by atoms with van der Waals surface area (Å²) in [4.78, 5) is 10.1. The Balaban J connectivity index is 2.36. The maximum atomic E-state index is 12.2. The van der Waals surface area contributed by atoms with E-state index in [1.54, 1.807) is 0 Å². The number of nitrogens with zero attached hydrogens (tertiary/aromatic N) is 2. The van der Waals surface area contributed by atoms with Crippen LogP contribution in [0.15, 0.2) is 17.9 Å². The van der Waals surface area contributed by atoms with Crippen LogP contribution in [-0.2, 0) is 6.18 Å². The summed E-state index contributed by atoms with van der Waals surface area (Å²) in [5.41, 5.74) is 0.686. The second-order valence-corrected chi connectivity index (χ2v) is 3.40. The summed E-state index contributed by atoms with van der Waals surface area (Å²) in [6.07, 6.45) is -2.14. The number of H-pyrrole nitrogens is 1. The number of aromatic nitrogens is 3. The van der Waals surface area contributed by atoms with Crippen LogP contribution in [0, 0.1) is 0 Å². The van der Waals surface area contributed by atoms with Crippen LogP contribution in [0.2, 0.25) is 0 Å². The maximum Gasteiger partial charge on any atom is 0.432 e. The minimum Gasteiger partial charge on any atom is -0.334 e. The van der Waals surface area contributed by atoms with Crippen LogP contribution in [0.3, 0.4) is 0 Å². The number of thiazole rings is 1. The summed E-state index contributed by atoms with van der Waals surface area (Å²) in [5, 5.41) is 0. The van der Waals surface area contributed by atoms with Crippen molar-refractivity contribution < 1.29 is 13.2 Å². The molecule has 1 N–H and O–H groups in total. The molecule has 3 nitrogen and oxygen atoms in total. The van der Waals surface area contributed by atoms with E-state index < -0.39 is 11.9 Å². The van der Waals surface area contributed by atoms with E-state index in [-0.39, 0.29) is 5.82 Å². The average Bonchev–Trinajstić information content (AvgIpc) is 2.73. The lowest BCUT2D eigenvalue weighted by Crippen LogP contribution is -2.04. The largest absolute Gasteiger partial charge is 0.432 e. The lowest BCUT2D eigenvalue weighted by Gasteiger charge is -2.00. The molecule has 0 bridgehead atoms. The third-order valence-corrected chi connectivity index (χ3v) is 2.33. The van der Waals surface area contributed by atoms with Gasteiger partial charge in [-0.25, -0.2) is 4.98 Å². The van der Waals surface area contributed by atoms with E-state index >= 15 is 0 Å². The molecule has 14 heavy (non-hydrogen) atoms. The molecule has 2 rings (SSSR count). The molecular weight excluding hydrogens is 215 g/mol. The molecule has 0 aliphatic rings. The van der Waals surface area contributed by atoms with Crippen molar-refractivity contribution >= 4 is 11.3 Å². The molecule has 0 atom stereocenters. The van der Waals surface area contributed by atoms with Crippen LogP contribution in [0.1, 0.15) is 5.69 Å². The number of hydrogen-bond donors (Lipinski definition) is 1. The van der Waals surface area contributed by atoms with Crippen molar-refractivity contribution in [2.75, 3.05) is 0 Å². The summed E-state index contributed by atoms with van der Waals surface area (Å²) in [7, 11) is 0. The zero-order chi connectivity index (χ0) is 10.2. The number of imidazole rings is 1. The average molecular weight is 219 g/mol. The highest BCUT2D eigenvalue weighted by molar-refractivity contribution is 7.13. The van der Waals surface area contributed by atoms with Gasteiger partial charge in [0.1, 0.15) is 11.5 Å². The van der Waals surface area contributed by atoms with Gasteiger partial charge in [-0.3, -0.25) is 4.98 Å². The summed E-state index contributed by atoms with van der Waals surface area (Å²) < 4.78 is 36.5. The normalized spacial score (nSPS) is 11.9. The van der Waals surface area contributed by atoms with Crippen molar-refractivity contribution in [3.63, 3.8) is 0 Å². The smallest absolute Gasteiger partial charge is 0.334 e. The van der Waals surface area contributed by atoms with E-state index in [0.29, 0.717) is 4.88 Å². The highest BCUT2D eigenvalue weighted by atomic mass is 32.1. The zero-order valence-corrected chi connectivity index (χ0v) is 7.49. The molecule has 2 aromatic rings. The standard InChI is InChI=1S/C7H4F3N3S/c8-7(9,10)5-2-12-6(13-5)4-1-11-3-14-4/h1-3H,(H,12,13).